The lowest BCUT2D eigenvalue weighted by molar-refractivity contribution is -0.116. The lowest BCUT2D eigenvalue weighted by Gasteiger charge is -2.08. The molecule has 0 saturated heterocycles. The molecule has 0 aromatic heterocycles. The SMILES string of the molecule is CCC(=O)Nc1cccc(NC(=O)Cc2ccc(Br)cc2)c1. The van der Waals surface area contributed by atoms with Crippen molar-refractivity contribution in [2.75, 3.05) is 10.6 Å². The fourth-order valence-electron chi connectivity index (χ4n) is 1.92. The molecule has 0 saturated carbocycles. The molecule has 22 heavy (non-hydrogen) atoms. The van der Waals surface area contributed by atoms with Gasteiger partial charge in [0.05, 0.1) is 6.42 Å². The molecule has 114 valence electrons. The minimum Gasteiger partial charge on any atom is -0.326 e. The van der Waals surface area contributed by atoms with Crippen molar-refractivity contribution in [3.05, 3.63) is 58.6 Å². The number of carbonyl (C=O) groups is 2. The Morgan fingerprint density at radius 3 is 2.14 bits per heavy atom. The molecular formula is C17H17BrN2O2. The molecule has 0 aliphatic rings. The number of rotatable bonds is 5. The first kappa shape index (κ1) is 16.2. The van der Waals surface area contributed by atoms with Gasteiger partial charge in [-0.2, -0.15) is 0 Å². The quantitative estimate of drug-likeness (QED) is 0.846. The predicted octanol–water partition coefficient (Wildman–Crippen LogP) is 3.98. The third-order valence-corrected chi connectivity index (χ3v) is 3.56. The second-order valence-corrected chi connectivity index (χ2v) is 5.75. The maximum atomic E-state index is 12.0. The van der Waals surface area contributed by atoms with Crippen LogP contribution in [-0.2, 0) is 16.0 Å². The van der Waals surface area contributed by atoms with E-state index in [4.69, 9.17) is 0 Å². The average Bonchev–Trinajstić information content (AvgIpc) is 2.49. The third kappa shape index (κ3) is 5.00. The third-order valence-electron chi connectivity index (χ3n) is 3.03. The van der Waals surface area contributed by atoms with Crippen LogP contribution >= 0.6 is 15.9 Å². The number of carbonyl (C=O) groups excluding carboxylic acids is 2. The summed E-state index contributed by atoms with van der Waals surface area (Å²) in [5.74, 6) is -0.153. The highest BCUT2D eigenvalue weighted by molar-refractivity contribution is 9.10. The number of benzene rings is 2. The van der Waals surface area contributed by atoms with Gasteiger partial charge < -0.3 is 10.6 Å². The fourth-order valence-corrected chi connectivity index (χ4v) is 2.18. The van der Waals surface area contributed by atoms with Crippen molar-refractivity contribution in [1.29, 1.82) is 0 Å². The molecule has 2 amide bonds. The van der Waals surface area contributed by atoms with Crippen LogP contribution in [0.4, 0.5) is 11.4 Å². The molecule has 0 aliphatic heterocycles. The van der Waals surface area contributed by atoms with E-state index in [1.807, 2.05) is 24.3 Å². The van der Waals surface area contributed by atoms with E-state index in [-0.39, 0.29) is 11.8 Å². The molecule has 2 aromatic rings. The van der Waals surface area contributed by atoms with Crippen molar-refractivity contribution in [3.8, 4) is 0 Å². The number of hydrogen-bond acceptors (Lipinski definition) is 2. The maximum Gasteiger partial charge on any atom is 0.228 e. The summed E-state index contributed by atoms with van der Waals surface area (Å²) < 4.78 is 0.982. The molecule has 2 aromatic carbocycles. The largest absolute Gasteiger partial charge is 0.326 e. The molecule has 4 nitrogen and oxygen atoms in total. The molecule has 0 fully saturated rings. The van der Waals surface area contributed by atoms with Crippen LogP contribution < -0.4 is 10.6 Å². The highest BCUT2D eigenvalue weighted by atomic mass is 79.9. The van der Waals surface area contributed by atoms with Crippen molar-refractivity contribution in [2.24, 2.45) is 0 Å². The lowest BCUT2D eigenvalue weighted by atomic mass is 10.1. The molecule has 0 spiro atoms. The van der Waals surface area contributed by atoms with Crippen LogP contribution in [0.1, 0.15) is 18.9 Å². The Labute approximate surface area is 138 Å². The van der Waals surface area contributed by atoms with Gasteiger partial charge in [0.1, 0.15) is 0 Å². The summed E-state index contributed by atoms with van der Waals surface area (Å²) in [5, 5.41) is 5.60. The van der Waals surface area contributed by atoms with Gasteiger partial charge in [-0.1, -0.05) is 41.1 Å². The van der Waals surface area contributed by atoms with Crippen LogP contribution in [0.15, 0.2) is 53.0 Å². The molecule has 0 radical (unpaired) electrons. The monoisotopic (exact) mass is 360 g/mol. The van der Waals surface area contributed by atoms with Crippen LogP contribution in [0.3, 0.4) is 0 Å². The van der Waals surface area contributed by atoms with E-state index in [0.29, 0.717) is 24.2 Å². The van der Waals surface area contributed by atoms with Gasteiger partial charge >= 0.3 is 0 Å². The van der Waals surface area contributed by atoms with Gasteiger partial charge in [-0.05, 0) is 35.9 Å². The van der Waals surface area contributed by atoms with Crippen LogP contribution in [-0.4, -0.2) is 11.8 Å². The second-order valence-electron chi connectivity index (χ2n) is 4.83. The number of anilines is 2. The van der Waals surface area contributed by atoms with Crippen molar-refractivity contribution in [2.45, 2.75) is 19.8 Å². The standard InChI is InChI=1S/C17H17BrN2O2/c1-2-16(21)19-14-4-3-5-15(11-14)20-17(22)10-12-6-8-13(18)9-7-12/h3-9,11H,2,10H2,1H3,(H,19,21)(H,20,22). The molecule has 0 bridgehead atoms. The Kier molecular flexibility index (Phi) is 5.72. The van der Waals surface area contributed by atoms with E-state index in [2.05, 4.69) is 26.6 Å². The van der Waals surface area contributed by atoms with Gasteiger partial charge in [0.15, 0.2) is 0 Å². The number of halogens is 1. The van der Waals surface area contributed by atoms with Gasteiger partial charge in [-0.25, -0.2) is 0 Å². The van der Waals surface area contributed by atoms with Crippen LogP contribution in [0.25, 0.3) is 0 Å². The number of hydrogen-bond donors (Lipinski definition) is 2. The molecule has 0 aliphatic carbocycles. The molecule has 0 unspecified atom stereocenters. The van der Waals surface area contributed by atoms with E-state index in [1.165, 1.54) is 0 Å². The normalized spacial score (nSPS) is 10.1. The Morgan fingerprint density at radius 2 is 1.55 bits per heavy atom. The first-order valence-electron chi connectivity index (χ1n) is 7.01. The van der Waals surface area contributed by atoms with E-state index >= 15 is 0 Å². The van der Waals surface area contributed by atoms with E-state index in [9.17, 15) is 9.59 Å². The Balaban J connectivity index is 1.97. The zero-order valence-electron chi connectivity index (χ0n) is 12.2. The molecule has 0 atom stereocenters. The van der Waals surface area contributed by atoms with Gasteiger partial charge in [0.2, 0.25) is 11.8 Å². The summed E-state index contributed by atoms with van der Waals surface area (Å²) in [4.78, 5) is 23.4. The summed E-state index contributed by atoms with van der Waals surface area (Å²) in [6.07, 6.45) is 0.721. The second kappa shape index (κ2) is 7.75. The molecule has 5 heteroatoms. The summed E-state index contributed by atoms with van der Waals surface area (Å²) in [5.41, 5.74) is 2.28. The van der Waals surface area contributed by atoms with Crippen LogP contribution in [0.5, 0.6) is 0 Å². The van der Waals surface area contributed by atoms with Crippen molar-refractivity contribution in [1.82, 2.24) is 0 Å². The van der Waals surface area contributed by atoms with Crippen molar-refractivity contribution < 1.29 is 9.59 Å². The van der Waals surface area contributed by atoms with Gasteiger partial charge in [0, 0.05) is 22.3 Å². The van der Waals surface area contributed by atoms with Gasteiger partial charge in [0.25, 0.3) is 0 Å². The molecular weight excluding hydrogens is 344 g/mol. The van der Waals surface area contributed by atoms with Crippen molar-refractivity contribution >= 4 is 39.1 Å². The first-order valence-corrected chi connectivity index (χ1v) is 7.80. The summed E-state index contributed by atoms with van der Waals surface area (Å²) in [7, 11) is 0. The lowest BCUT2D eigenvalue weighted by Crippen LogP contribution is -2.15. The maximum absolute atomic E-state index is 12.0. The zero-order chi connectivity index (χ0) is 15.9. The van der Waals surface area contributed by atoms with E-state index < -0.39 is 0 Å². The summed E-state index contributed by atoms with van der Waals surface area (Å²) in [6, 6.07) is 14.7. The summed E-state index contributed by atoms with van der Waals surface area (Å²) in [6.45, 7) is 1.79. The highest BCUT2D eigenvalue weighted by Crippen LogP contribution is 2.16. The first-order chi connectivity index (χ1) is 10.6. The average molecular weight is 361 g/mol. The minimum absolute atomic E-state index is 0.0571. The smallest absolute Gasteiger partial charge is 0.228 e. The van der Waals surface area contributed by atoms with Crippen molar-refractivity contribution in [3.63, 3.8) is 0 Å². The minimum atomic E-state index is -0.0960. The topological polar surface area (TPSA) is 58.2 Å². The molecule has 0 heterocycles. The number of amides is 2. The van der Waals surface area contributed by atoms with Gasteiger partial charge in [-0.3, -0.25) is 9.59 Å². The van der Waals surface area contributed by atoms with E-state index in [1.54, 1.807) is 31.2 Å². The highest BCUT2D eigenvalue weighted by Gasteiger charge is 2.05. The van der Waals surface area contributed by atoms with Gasteiger partial charge in [-0.15, -0.1) is 0 Å². The zero-order valence-corrected chi connectivity index (χ0v) is 13.8. The Hall–Kier alpha value is -2.14. The molecule has 2 rings (SSSR count). The van der Waals surface area contributed by atoms with Crippen LogP contribution in [0.2, 0.25) is 0 Å². The Bertz CT molecular complexity index is 669. The predicted molar refractivity (Wildman–Crippen MR) is 91.8 cm³/mol. The number of nitrogens with one attached hydrogen (secondary N) is 2. The Morgan fingerprint density at radius 1 is 0.955 bits per heavy atom. The van der Waals surface area contributed by atoms with E-state index in [0.717, 1.165) is 10.0 Å². The fraction of sp³-hybridized carbons (Fsp3) is 0.176. The molecule has 2 N–H and O–H groups in total. The summed E-state index contributed by atoms with van der Waals surface area (Å²) >= 11 is 3.36. The van der Waals surface area contributed by atoms with Crippen LogP contribution in [0, 0.1) is 0 Å².